The lowest BCUT2D eigenvalue weighted by molar-refractivity contribution is 0.0977. The average Bonchev–Trinajstić information content (AvgIpc) is 3.45. The van der Waals surface area contributed by atoms with Crippen molar-refractivity contribution in [3.05, 3.63) is 181 Å². The van der Waals surface area contributed by atoms with Crippen molar-refractivity contribution >= 4 is 60.2 Å². The number of fused-ring (bicyclic) bond motifs is 3. The van der Waals surface area contributed by atoms with Crippen LogP contribution in [0.3, 0.4) is 0 Å². The summed E-state index contributed by atoms with van der Waals surface area (Å²) in [6, 6.07) is 58.8. The Balaban J connectivity index is 1.11. The van der Waals surface area contributed by atoms with Crippen molar-refractivity contribution in [3.63, 3.8) is 0 Å². The highest BCUT2D eigenvalue weighted by atomic mass is 16.1. The van der Waals surface area contributed by atoms with Gasteiger partial charge >= 0.3 is 0 Å². The first-order valence-electron chi connectivity index (χ1n) is 17.4. The fraction of sp³-hybridized carbons (Fsp3) is 0.0208. The molecule has 3 heteroatoms. The van der Waals surface area contributed by atoms with Crippen LogP contribution in [0, 0.1) is 0 Å². The van der Waals surface area contributed by atoms with Crippen molar-refractivity contribution in [1.82, 2.24) is 0 Å². The van der Waals surface area contributed by atoms with Crippen LogP contribution < -0.4 is 11.1 Å². The van der Waals surface area contributed by atoms with Crippen LogP contribution in [-0.2, 0) is 0 Å². The molecule has 9 aromatic rings. The molecule has 9 aromatic carbocycles. The first-order valence-corrected chi connectivity index (χ1v) is 17.4. The molecule has 1 aliphatic carbocycles. The summed E-state index contributed by atoms with van der Waals surface area (Å²) < 4.78 is 0. The van der Waals surface area contributed by atoms with Gasteiger partial charge in [-0.2, -0.15) is 0 Å². The lowest BCUT2D eigenvalue weighted by Crippen LogP contribution is -2.17. The van der Waals surface area contributed by atoms with E-state index in [1.165, 1.54) is 26.9 Å². The molecule has 0 aromatic heterocycles. The Morgan fingerprint density at radius 1 is 0.431 bits per heavy atom. The van der Waals surface area contributed by atoms with Crippen LogP contribution in [0.5, 0.6) is 0 Å². The van der Waals surface area contributed by atoms with E-state index in [0.717, 1.165) is 66.4 Å². The van der Waals surface area contributed by atoms with Crippen LogP contribution >= 0.6 is 0 Å². The molecule has 1 atom stereocenters. The molecule has 0 heterocycles. The maximum atomic E-state index is 14.3. The van der Waals surface area contributed by atoms with Gasteiger partial charge in [-0.3, -0.25) is 4.79 Å². The third-order valence-electron chi connectivity index (χ3n) is 10.6. The summed E-state index contributed by atoms with van der Waals surface area (Å²) in [7, 11) is 0. The Bertz CT molecular complexity index is 2890. The summed E-state index contributed by atoms with van der Waals surface area (Å²) in [6.45, 7) is 0. The number of Topliss-reactive ketones (excluding diaryl/α,β-unsaturated/α-hetero) is 1. The minimum atomic E-state index is -0.575. The normalized spacial score (nSPS) is 13.8. The molecule has 0 radical (unpaired) electrons. The van der Waals surface area contributed by atoms with Crippen LogP contribution in [-0.4, -0.2) is 5.78 Å². The molecule has 0 aliphatic heterocycles. The molecule has 1 aliphatic rings. The molecule has 0 spiro atoms. The third kappa shape index (κ3) is 4.78. The number of anilines is 2. The van der Waals surface area contributed by atoms with Gasteiger partial charge in [-0.25, -0.2) is 0 Å². The van der Waals surface area contributed by atoms with Crippen LogP contribution in [0.1, 0.15) is 22.0 Å². The van der Waals surface area contributed by atoms with Gasteiger partial charge in [0.05, 0.1) is 11.4 Å². The summed E-state index contributed by atoms with van der Waals surface area (Å²) in [5, 5.41) is 12.8. The topological polar surface area (TPSA) is 55.1 Å². The lowest BCUT2D eigenvalue weighted by Gasteiger charge is -2.21. The second-order valence-corrected chi connectivity index (χ2v) is 13.5. The summed E-state index contributed by atoms with van der Waals surface area (Å²) in [4.78, 5) is 14.3. The molecule has 1 unspecified atom stereocenters. The van der Waals surface area contributed by atoms with Gasteiger partial charge in [0.15, 0.2) is 5.78 Å². The second-order valence-electron chi connectivity index (χ2n) is 13.5. The molecule has 51 heavy (non-hydrogen) atoms. The SMILES string of the molecule is Nc1c(NC2C(=O)c3cccc4c(-c5ccc6ccccc6c5)ccc2c34)cc(-c2ccc3ccccc3c2)cc1-c1ccc2ccccc2c1. The smallest absolute Gasteiger partial charge is 0.190 e. The van der Waals surface area contributed by atoms with Gasteiger partial charge in [0.1, 0.15) is 6.04 Å². The number of nitrogen functional groups attached to an aromatic ring is 1. The van der Waals surface area contributed by atoms with E-state index in [1.54, 1.807) is 0 Å². The van der Waals surface area contributed by atoms with Gasteiger partial charge < -0.3 is 11.1 Å². The van der Waals surface area contributed by atoms with Gasteiger partial charge in [0, 0.05) is 11.1 Å². The molecule has 0 saturated carbocycles. The van der Waals surface area contributed by atoms with Crippen LogP contribution in [0.25, 0.3) is 76.5 Å². The standard InChI is InChI=1S/C48H32N2O/c49-46-43(37-21-18-31-10-3-6-13-34(31)26-37)27-38(35-19-16-29-8-1-4-11-32(29)24-35)28-44(46)50-47-41-23-22-39(40-14-7-15-42(45(40)41)48(47)51)36-20-17-30-9-2-5-12-33(30)25-36/h1-28,47,50H,49H2. The Hall–Kier alpha value is -6.71. The molecule has 3 N–H and O–H groups in total. The van der Waals surface area contributed by atoms with E-state index in [1.807, 2.05) is 12.1 Å². The summed E-state index contributed by atoms with van der Waals surface area (Å²) in [6.07, 6.45) is 0. The highest BCUT2D eigenvalue weighted by molar-refractivity contribution is 6.21. The third-order valence-corrected chi connectivity index (χ3v) is 10.6. The van der Waals surface area contributed by atoms with E-state index in [2.05, 4.69) is 163 Å². The van der Waals surface area contributed by atoms with E-state index in [-0.39, 0.29) is 5.78 Å². The first-order chi connectivity index (χ1) is 25.1. The number of benzene rings is 9. The van der Waals surface area contributed by atoms with Crippen molar-refractivity contribution in [2.75, 3.05) is 11.1 Å². The maximum absolute atomic E-state index is 14.3. The molecule has 240 valence electrons. The number of carbonyl (C=O) groups excluding carboxylic acids is 1. The van der Waals surface area contributed by atoms with E-state index in [0.29, 0.717) is 5.69 Å². The zero-order chi connectivity index (χ0) is 34.1. The molecule has 0 amide bonds. The largest absolute Gasteiger partial charge is 0.397 e. The minimum Gasteiger partial charge on any atom is -0.397 e. The maximum Gasteiger partial charge on any atom is 0.190 e. The van der Waals surface area contributed by atoms with Crippen molar-refractivity contribution in [2.24, 2.45) is 0 Å². The first kappa shape index (κ1) is 29.2. The number of rotatable bonds is 5. The monoisotopic (exact) mass is 652 g/mol. The molecule has 0 saturated heterocycles. The van der Waals surface area contributed by atoms with Gasteiger partial charge in [0.25, 0.3) is 0 Å². The average molecular weight is 653 g/mol. The van der Waals surface area contributed by atoms with E-state index in [4.69, 9.17) is 5.73 Å². The molecule has 10 rings (SSSR count). The quantitative estimate of drug-likeness (QED) is 0.182. The van der Waals surface area contributed by atoms with E-state index < -0.39 is 6.04 Å². The van der Waals surface area contributed by atoms with E-state index in [9.17, 15) is 4.79 Å². The Morgan fingerprint density at radius 2 is 0.980 bits per heavy atom. The molecule has 0 fully saturated rings. The number of nitrogens with two attached hydrogens (primary N) is 1. The highest BCUT2D eigenvalue weighted by Crippen LogP contribution is 2.45. The lowest BCUT2D eigenvalue weighted by atomic mass is 9.93. The number of ketones is 1. The molecule has 3 nitrogen and oxygen atoms in total. The van der Waals surface area contributed by atoms with E-state index >= 15 is 0 Å². The van der Waals surface area contributed by atoms with Gasteiger partial charge in [-0.05, 0) is 107 Å². The van der Waals surface area contributed by atoms with Gasteiger partial charge in [0.2, 0.25) is 0 Å². The van der Waals surface area contributed by atoms with Crippen LogP contribution in [0.15, 0.2) is 170 Å². The summed E-state index contributed by atoms with van der Waals surface area (Å²) in [5.74, 6) is 0.0500. The highest BCUT2D eigenvalue weighted by Gasteiger charge is 2.34. The minimum absolute atomic E-state index is 0.0500. The van der Waals surface area contributed by atoms with Crippen LogP contribution in [0.4, 0.5) is 11.4 Å². The second kappa shape index (κ2) is 11.4. The van der Waals surface area contributed by atoms with Crippen molar-refractivity contribution in [1.29, 1.82) is 0 Å². The zero-order valence-electron chi connectivity index (χ0n) is 27.7. The summed E-state index contributed by atoms with van der Waals surface area (Å²) in [5.41, 5.74) is 16.5. The predicted molar refractivity (Wildman–Crippen MR) is 214 cm³/mol. The van der Waals surface area contributed by atoms with Gasteiger partial charge in [-0.15, -0.1) is 0 Å². The van der Waals surface area contributed by atoms with Crippen molar-refractivity contribution < 1.29 is 4.79 Å². The number of nitrogens with one attached hydrogen (secondary N) is 1. The Morgan fingerprint density at radius 3 is 1.61 bits per heavy atom. The van der Waals surface area contributed by atoms with Crippen molar-refractivity contribution in [3.8, 4) is 33.4 Å². The Kier molecular flexibility index (Phi) is 6.55. The van der Waals surface area contributed by atoms with Crippen molar-refractivity contribution in [2.45, 2.75) is 6.04 Å². The van der Waals surface area contributed by atoms with Crippen LogP contribution in [0.2, 0.25) is 0 Å². The molecule has 0 bridgehead atoms. The molecular weight excluding hydrogens is 621 g/mol. The van der Waals surface area contributed by atoms with Gasteiger partial charge in [-0.1, -0.05) is 140 Å². The predicted octanol–water partition coefficient (Wildman–Crippen LogP) is 12.2. The Labute approximate surface area is 295 Å². The summed E-state index contributed by atoms with van der Waals surface area (Å²) >= 11 is 0. The number of hydrogen-bond acceptors (Lipinski definition) is 3. The molecular formula is C48H32N2O. The fourth-order valence-corrected chi connectivity index (χ4v) is 7.99. The number of hydrogen-bond donors (Lipinski definition) is 2. The fourth-order valence-electron chi connectivity index (χ4n) is 7.99. The number of carbonyl (C=O) groups is 1. The zero-order valence-corrected chi connectivity index (χ0v) is 27.7.